The summed E-state index contributed by atoms with van der Waals surface area (Å²) in [6.07, 6.45) is 1.14. The molecule has 1 amide bonds. The summed E-state index contributed by atoms with van der Waals surface area (Å²) < 4.78 is 25.1. The third-order valence-electron chi connectivity index (χ3n) is 5.76. The SMILES string of the molecule is COc1ncc(F)cc1C1COCCN1c1c[c]ccc1N1CCN(C(=O)CO)CC1. The van der Waals surface area contributed by atoms with Crippen molar-refractivity contribution in [2.24, 2.45) is 0 Å². The number of methoxy groups -OCH3 is 1. The predicted octanol–water partition coefficient (Wildman–Crippen LogP) is 1.25. The van der Waals surface area contributed by atoms with E-state index in [1.807, 2.05) is 18.2 Å². The summed E-state index contributed by atoms with van der Waals surface area (Å²) in [7, 11) is 1.52. The fourth-order valence-corrected chi connectivity index (χ4v) is 4.21. The van der Waals surface area contributed by atoms with Crippen molar-refractivity contribution in [3.63, 3.8) is 0 Å². The van der Waals surface area contributed by atoms with Crippen LogP contribution < -0.4 is 14.5 Å². The Morgan fingerprint density at radius 1 is 1.32 bits per heavy atom. The monoisotopic (exact) mass is 429 g/mol. The van der Waals surface area contributed by atoms with Crippen LogP contribution in [0.1, 0.15) is 11.6 Å². The van der Waals surface area contributed by atoms with Crippen LogP contribution in [-0.2, 0) is 9.53 Å². The van der Waals surface area contributed by atoms with Crippen LogP contribution >= 0.6 is 0 Å². The zero-order valence-corrected chi connectivity index (χ0v) is 17.5. The number of aliphatic hydroxyl groups is 1. The molecule has 1 N–H and O–H groups in total. The first-order valence-electron chi connectivity index (χ1n) is 10.3. The molecule has 1 atom stereocenters. The number of nitrogens with zero attached hydrogens (tertiary/aromatic N) is 4. The quantitative estimate of drug-likeness (QED) is 0.767. The molecule has 1 radical (unpaired) electrons. The largest absolute Gasteiger partial charge is 0.481 e. The van der Waals surface area contributed by atoms with E-state index in [1.54, 1.807) is 4.90 Å². The van der Waals surface area contributed by atoms with Crippen LogP contribution in [-0.4, -0.2) is 80.6 Å². The molecule has 1 aromatic heterocycles. The Labute approximate surface area is 180 Å². The lowest BCUT2D eigenvalue weighted by Gasteiger charge is -2.42. The number of carbonyl (C=O) groups excluding carboxylic acids is 1. The van der Waals surface area contributed by atoms with E-state index >= 15 is 0 Å². The van der Waals surface area contributed by atoms with Crippen molar-refractivity contribution in [2.75, 3.05) is 69.5 Å². The van der Waals surface area contributed by atoms with Crippen molar-refractivity contribution in [1.29, 1.82) is 0 Å². The van der Waals surface area contributed by atoms with Crippen molar-refractivity contribution < 1.29 is 23.8 Å². The molecule has 0 aliphatic carbocycles. The highest BCUT2D eigenvalue weighted by Gasteiger charge is 2.31. The van der Waals surface area contributed by atoms with Crippen LogP contribution in [0.2, 0.25) is 0 Å². The number of carbonyl (C=O) groups is 1. The molecular weight excluding hydrogens is 403 g/mol. The minimum Gasteiger partial charge on any atom is -0.481 e. The van der Waals surface area contributed by atoms with Crippen LogP contribution in [0, 0.1) is 11.9 Å². The molecule has 0 spiro atoms. The first-order chi connectivity index (χ1) is 15.1. The second-order valence-corrected chi connectivity index (χ2v) is 7.48. The summed E-state index contributed by atoms with van der Waals surface area (Å²) in [6.45, 7) is 3.49. The number of aliphatic hydroxyl groups excluding tert-OH is 1. The van der Waals surface area contributed by atoms with E-state index < -0.39 is 12.4 Å². The van der Waals surface area contributed by atoms with Gasteiger partial charge in [0.25, 0.3) is 0 Å². The highest BCUT2D eigenvalue weighted by Crippen LogP contribution is 2.39. The molecule has 2 fully saturated rings. The Bertz CT molecular complexity index is 920. The standard InChI is InChI=1S/C22H26FN4O4/c1-30-22-17(12-16(23)13-24-22)20-15-31-11-10-27(20)19-5-3-2-4-18(19)25-6-8-26(9-7-25)21(29)14-28/h2,4-5,12-13,20,28H,6-11,14-15H2,1H3. The summed E-state index contributed by atoms with van der Waals surface area (Å²) in [5, 5.41) is 9.11. The van der Waals surface area contributed by atoms with Gasteiger partial charge in [-0.25, -0.2) is 9.37 Å². The van der Waals surface area contributed by atoms with E-state index in [0.29, 0.717) is 57.4 Å². The minimum atomic E-state index is -0.468. The van der Waals surface area contributed by atoms with Gasteiger partial charge in [-0.3, -0.25) is 4.79 Å². The fourth-order valence-electron chi connectivity index (χ4n) is 4.21. The first kappa shape index (κ1) is 21.3. The zero-order valence-electron chi connectivity index (χ0n) is 17.5. The first-order valence-corrected chi connectivity index (χ1v) is 10.3. The van der Waals surface area contributed by atoms with Crippen LogP contribution in [0.15, 0.2) is 30.5 Å². The molecule has 1 aromatic carbocycles. The highest BCUT2D eigenvalue weighted by atomic mass is 19.1. The Morgan fingerprint density at radius 3 is 2.87 bits per heavy atom. The lowest BCUT2D eigenvalue weighted by molar-refractivity contribution is -0.134. The average Bonchev–Trinajstić information content (AvgIpc) is 2.83. The third kappa shape index (κ3) is 4.42. The van der Waals surface area contributed by atoms with Crippen LogP contribution in [0.25, 0.3) is 0 Å². The van der Waals surface area contributed by atoms with Crippen LogP contribution in [0.3, 0.4) is 0 Å². The molecule has 2 aromatic rings. The zero-order chi connectivity index (χ0) is 21.8. The second kappa shape index (κ2) is 9.49. The average molecular weight is 429 g/mol. The van der Waals surface area contributed by atoms with E-state index in [9.17, 15) is 9.18 Å². The topological polar surface area (TPSA) is 78.4 Å². The van der Waals surface area contributed by atoms with Crippen molar-refractivity contribution in [1.82, 2.24) is 9.88 Å². The van der Waals surface area contributed by atoms with Crippen molar-refractivity contribution in [3.8, 4) is 5.88 Å². The van der Waals surface area contributed by atoms with E-state index in [4.69, 9.17) is 14.6 Å². The fraction of sp³-hybridized carbons (Fsp3) is 0.455. The van der Waals surface area contributed by atoms with Gasteiger partial charge >= 0.3 is 0 Å². The van der Waals surface area contributed by atoms with Gasteiger partial charge in [0.05, 0.1) is 43.9 Å². The number of morpholine rings is 1. The Balaban J connectivity index is 1.63. The number of ether oxygens (including phenoxy) is 2. The second-order valence-electron chi connectivity index (χ2n) is 7.48. The number of hydrogen-bond donors (Lipinski definition) is 1. The van der Waals surface area contributed by atoms with E-state index in [2.05, 4.69) is 20.9 Å². The summed E-state index contributed by atoms with van der Waals surface area (Å²) in [4.78, 5) is 22.0. The van der Waals surface area contributed by atoms with Gasteiger partial charge in [0.15, 0.2) is 0 Å². The number of rotatable bonds is 5. The van der Waals surface area contributed by atoms with Gasteiger partial charge in [0.2, 0.25) is 11.8 Å². The van der Waals surface area contributed by atoms with Crippen molar-refractivity contribution in [2.45, 2.75) is 6.04 Å². The number of amides is 1. The molecule has 2 saturated heterocycles. The molecule has 0 saturated carbocycles. The van der Waals surface area contributed by atoms with Gasteiger partial charge in [0.1, 0.15) is 12.4 Å². The number of benzene rings is 1. The van der Waals surface area contributed by atoms with Gasteiger partial charge in [-0.1, -0.05) is 6.07 Å². The molecule has 9 heteroatoms. The Morgan fingerprint density at radius 2 is 2.13 bits per heavy atom. The minimum absolute atomic E-state index is 0.250. The summed E-state index contributed by atoms with van der Waals surface area (Å²) in [5.74, 6) is -0.300. The number of aromatic nitrogens is 1. The van der Waals surface area contributed by atoms with Crippen LogP contribution in [0.5, 0.6) is 5.88 Å². The van der Waals surface area contributed by atoms with Gasteiger partial charge in [-0.05, 0) is 24.3 Å². The molecule has 2 aliphatic heterocycles. The Hall–Kier alpha value is -2.91. The molecular formula is C22H26FN4O4. The summed E-state index contributed by atoms with van der Waals surface area (Å²) in [6, 6.07) is 10.1. The van der Waals surface area contributed by atoms with E-state index in [-0.39, 0.29) is 11.9 Å². The molecule has 1 unspecified atom stereocenters. The van der Waals surface area contributed by atoms with E-state index in [1.165, 1.54) is 13.2 Å². The molecule has 0 bridgehead atoms. The normalized spacial score (nSPS) is 19.5. The maximum Gasteiger partial charge on any atom is 0.248 e. The lowest BCUT2D eigenvalue weighted by atomic mass is 10.0. The van der Waals surface area contributed by atoms with Crippen LogP contribution in [0.4, 0.5) is 15.8 Å². The number of hydrogen-bond acceptors (Lipinski definition) is 7. The molecule has 3 heterocycles. The lowest BCUT2D eigenvalue weighted by Crippen LogP contribution is -2.50. The number of piperazine rings is 1. The molecule has 31 heavy (non-hydrogen) atoms. The molecule has 4 rings (SSSR count). The Kier molecular flexibility index (Phi) is 6.53. The third-order valence-corrected chi connectivity index (χ3v) is 5.76. The molecule has 165 valence electrons. The van der Waals surface area contributed by atoms with E-state index in [0.717, 1.165) is 17.6 Å². The summed E-state index contributed by atoms with van der Waals surface area (Å²) in [5.41, 5.74) is 2.62. The van der Waals surface area contributed by atoms with Gasteiger partial charge in [-0.15, -0.1) is 0 Å². The smallest absolute Gasteiger partial charge is 0.248 e. The molecule has 2 aliphatic rings. The van der Waals surface area contributed by atoms with Crippen molar-refractivity contribution >= 4 is 17.3 Å². The molecule has 8 nitrogen and oxygen atoms in total. The van der Waals surface area contributed by atoms with Gasteiger partial charge in [0, 0.05) is 38.3 Å². The van der Waals surface area contributed by atoms with Gasteiger partial charge < -0.3 is 29.3 Å². The van der Waals surface area contributed by atoms with Crippen molar-refractivity contribution in [3.05, 3.63) is 47.9 Å². The number of anilines is 2. The maximum atomic E-state index is 14.0. The van der Waals surface area contributed by atoms with Gasteiger partial charge in [-0.2, -0.15) is 0 Å². The summed E-state index contributed by atoms with van der Waals surface area (Å²) >= 11 is 0. The highest BCUT2D eigenvalue weighted by molar-refractivity contribution is 5.78. The number of halogens is 1. The number of pyridine rings is 1. The maximum absolute atomic E-state index is 14.0. The predicted molar refractivity (Wildman–Crippen MR) is 113 cm³/mol.